The summed E-state index contributed by atoms with van der Waals surface area (Å²) < 4.78 is 35.3. The van der Waals surface area contributed by atoms with Crippen molar-refractivity contribution >= 4 is 11.9 Å². The molecule has 17 heavy (non-hydrogen) atoms. The number of carbonyl (C=O) groups is 2. The standard InChI is InChI=1S/C9H14F3NO4/c1-2-3-8(17,7(15)16)6(14)13-5-4-9(10,11)12/h17H,2-5H2,1H3,(H,13,14)(H,15,16)/t8-/m1/s1. The van der Waals surface area contributed by atoms with Crippen LogP contribution in [0.3, 0.4) is 0 Å². The zero-order valence-electron chi connectivity index (χ0n) is 9.17. The van der Waals surface area contributed by atoms with Crippen molar-refractivity contribution in [3.8, 4) is 0 Å². The molecule has 0 aliphatic carbocycles. The fourth-order valence-electron chi connectivity index (χ4n) is 1.14. The molecule has 0 fully saturated rings. The molecule has 8 heteroatoms. The molecule has 0 aromatic heterocycles. The molecule has 1 amide bonds. The molecule has 0 aliphatic heterocycles. The van der Waals surface area contributed by atoms with E-state index in [1.165, 1.54) is 6.92 Å². The van der Waals surface area contributed by atoms with E-state index in [1.807, 2.05) is 0 Å². The smallest absolute Gasteiger partial charge is 0.390 e. The van der Waals surface area contributed by atoms with E-state index in [2.05, 4.69) is 0 Å². The van der Waals surface area contributed by atoms with Gasteiger partial charge in [0, 0.05) is 6.54 Å². The number of hydrogen-bond acceptors (Lipinski definition) is 3. The Bertz CT molecular complexity index is 292. The molecule has 0 rings (SSSR count). The van der Waals surface area contributed by atoms with Crippen LogP contribution in [0.2, 0.25) is 0 Å². The van der Waals surface area contributed by atoms with Crippen LogP contribution in [0.5, 0.6) is 0 Å². The van der Waals surface area contributed by atoms with Crippen LogP contribution in [0.1, 0.15) is 26.2 Å². The molecular formula is C9H14F3NO4. The zero-order chi connectivity index (χ0) is 13.7. The number of hydrogen-bond donors (Lipinski definition) is 3. The van der Waals surface area contributed by atoms with Crippen molar-refractivity contribution in [2.45, 2.75) is 38.0 Å². The van der Waals surface area contributed by atoms with Gasteiger partial charge in [-0.1, -0.05) is 13.3 Å². The van der Waals surface area contributed by atoms with Gasteiger partial charge in [0.15, 0.2) is 0 Å². The minimum Gasteiger partial charge on any atom is -0.479 e. The Morgan fingerprint density at radius 1 is 1.24 bits per heavy atom. The molecule has 0 saturated heterocycles. The molecule has 3 N–H and O–H groups in total. The Hall–Kier alpha value is -1.31. The second-order valence-corrected chi connectivity index (χ2v) is 3.54. The molecule has 0 spiro atoms. The molecular weight excluding hydrogens is 243 g/mol. The molecule has 0 aliphatic rings. The SMILES string of the molecule is CCC[C@](O)(C(=O)O)C(=O)NCCC(F)(F)F. The van der Waals surface area contributed by atoms with Gasteiger partial charge >= 0.3 is 12.1 Å². The van der Waals surface area contributed by atoms with Crippen molar-refractivity contribution < 1.29 is 33.0 Å². The van der Waals surface area contributed by atoms with Crippen LogP contribution in [0, 0.1) is 0 Å². The Kier molecular flexibility index (Phi) is 5.40. The van der Waals surface area contributed by atoms with Crippen LogP contribution in [0.4, 0.5) is 13.2 Å². The fourth-order valence-corrected chi connectivity index (χ4v) is 1.14. The topological polar surface area (TPSA) is 86.6 Å². The number of carboxylic acids is 1. The van der Waals surface area contributed by atoms with Crippen LogP contribution < -0.4 is 5.32 Å². The molecule has 0 saturated carbocycles. The third-order valence-corrected chi connectivity index (χ3v) is 2.04. The lowest BCUT2D eigenvalue weighted by molar-refractivity contribution is -0.167. The summed E-state index contributed by atoms with van der Waals surface area (Å²) in [6, 6.07) is 0. The lowest BCUT2D eigenvalue weighted by Crippen LogP contribution is -2.53. The number of aliphatic carboxylic acids is 1. The number of aliphatic hydroxyl groups is 1. The number of carbonyl (C=O) groups excluding carboxylic acids is 1. The first-order valence-corrected chi connectivity index (χ1v) is 4.94. The molecule has 0 radical (unpaired) electrons. The van der Waals surface area contributed by atoms with Gasteiger partial charge in [-0.2, -0.15) is 13.2 Å². The number of nitrogens with one attached hydrogen (secondary N) is 1. The molecule has 5 nitrogen and oxygen atoms in total. The minimum atomic E-state index is -4.45. The molecule has 0 heterocycles. The van der Waals surface area contributed by atoms with E-state index in [1.54, 1.807) is 5.32 Å². The van der Waals surface area contributed by atoms with Crippen molar-refractivity contribution in [1.82, 2.24) is 5.32 Å². The van der Waals surface area contributed by atoms with E-state index in [-0.39, 0.29) is 12.8 Å². The molecule has 0 aromatic carbocycles. The van der Waals surface area contributed by atoms with Gasteiger partial charge in [-0.25, -0.2) is 4.79 Å². The van der Waals surface area contributed by atoms with Crippen molar-refractivity contribution in [2.24, 2.45) is 0 Å². The Labute approximate surface area is 95.6 Å². The maximum atomic E-state index is 11.8. The maximum Gasteiger partial charge on any atom is 0.390 e. The second-order valence-electron chi connectivity index (χ2n) is 3.54. The normalized spacial score (nSPS) is 15.1. The van der Waals surface area contributed by atoms with Crippen molar-refractivity contribution in [3.63, 3.8) is 0 Å². The quantitative estimate of drug-likeness (QED) is 0.610. The highest BCUT2D eigenvalue weighted by atomic mass is 19.4. The van der Waals surface area contributed by atoms with Crippen molar-refractivity contribution in [3.05, 3.63) is 0 Å². The van der Waals surface area contributed by atoms with Crippen LogP contribution in [-0.4, -0.2) is 40.4 Å². The zero-order valence-corrected chi connectivity index (χ0v) is 9.17. The minimum absolute atomic E-state index is 0.204. The second kappa shape index (κ2) is 5.85. The van der Waals surface area contributed by atoms with Gasteiger partial charge in [0.25, 0.3) is 5.91 Å². The van der Waals surface area contributed by atoms with E-state index in [4.69, 9.17) is 5.11 Å². The summed E-state index contributed by atoms with van der Waals surface area (Å²) in [7, 11) is 0. The van der Waals surface area contributed by atoms with Crippen LogP contribution in [0.25, 0.3) is 0 Å². The van der Waals surface area contributed by atoms with Gasteiger partial charge in [0.1, 0.15) is 0 Å². The fraction of sp³-hybridized carbons (Fsp3) is 0.778. The van der Waals surface area contributed by atoms with Gasteiger partial charge in [-0.3, -0.25) is 4.79 Å². The first-order chi connectivity index (χ1) is 7.63. The highest BCUT2D eigenvalue weighted by Gasteiger charge is 2.43. The Morgan fingerprint density at radius 3 is 2.12 bits per heavy atom. The highest BCUT2D eigenvalue weighted by molar-refractivity contribution is 6.04. The largest absolute Gasteiger partial charge is 0.479 e. The molecule has 1 atom stereocenters. The lowest BCUT2D eigenvalue weighted by atomic mass is 9.97. The molecule has 0 unspecified atom stereocenters. The summed E-state index contributed by atoms with van der Waals surface area (Å²) in [5.41, 5.74) is -2.67. The average Bonchev–Trinajstić information content (AvgIpc) is 2.15. The Balaban J connectivity index is 4.41. The summed E-state index contributed by atoms with van der Waals surface area (Å²) in [6.07, 6.45) is -5.88. The number of amides is 1. The highest BCUT2D eigenvalue weighted by Crippen LogP contribution is 2.19. The van der Waals surface area contributed by atoms with Crippen LogP contribution in [-0.2, 0) is 9.59 Å². The van der Waals surface area contributed by atoms with Crippen LogP contribution in [0.15, 0.2) is 0 Å². The summed E-state index contributed by atoms with van der Waals surface area (Å²) >= 11 is 0. The average molecular weight is 257 g/mol. The van der Waals surface area contributed by atoms with E-state index in [0.29, 0.717) is 0 Å². The summed E-state index contributed by atoms with van der Waals surface area (Å²) in [5, 5.41) is 19.9. The van der Waals surface area contributed by atoms with Gasteiger partial charge in [-0.05, 0) is 6.42 Å². The lowest BCUT2D eigenvalue weighted by Gasteiger charge is -2.21. The van der Waals surface area contributed by atoms with E-state index in [0.717, 1.165) is 0 Å². The number of rotatable bonds is 6. The number of halogens is 3. The third kappa shape index (κ3) is 5.03. The predicted octanol–water partition coefficient (Wildman–Crippen LogP) is 0.671. The summed E-state index contributed by atoms with van der Waals surface area (Å²) in [5.74, 6) is -3.10. The first-order valence-electron chi connectivity index (χ1n) is 4.94. The van der Waals surface area contributed by atoms with Gasteiger partial charge < -0.3 is 15.5 Å². The van der Waals surface area contributed by atoms with E-state index < -0.39 is 36.6 Å². The number of carboxylic acid groups (broad SMARTS) is 1. The summed E-state index contributed by atoms with van der Waals surface area (Å²) in [6.45, 7) is 0.776. The van der Waals surface area contributed by atoms with Gasteiger partial charge in [0.2, 0.25) is 5.60 Å². The monoisotopic (exact) mass is 257 g/mol. The van der Waals surface area contributed by atoms with Gasteiger partial charge in [0.05, 0.1) is 6.42 Å². The first kappa shape index (κ1) is 15.7. The molecule has 0 aromatic rings. The number of alkyl halides is 3. The maximum absolute atomic E-state index is 11.8. The third-order valence-electron chi connectivity index (χ3n) is 2.04. The van der Waals surface area contributed by atoms with E-state index in [9.17, 15) is 27.9 Å². The van der Waals surface area contributed by atoms with Crippen LogP contribution >= 0.6 is 0 Å². The summed E-state index contributed by atoms with van der Waals surface area (Å²) in [4.78, 5) is 22.0. The Morgan fingerprint density at radius 2 is 1.76 bits per heavy atom. The van der Waals surface area contributed by atoms with Crippen molar-refractivity contribution in [2.75, 3.05) is 6.54 Å². The molecule has 0 bridgehead atoms. The predicted molar refractivity (Wildman–Crippen MR) is 51.2 cm³/mol. The van der Waals surface area contributed by atoms with Gasteiger partial charge in [-0.15, -0.1) is 0 Å². The molecule has 100 valence electrons. The van der Waals surface area contributed by atoms with E-state index >= 15 is 0 Å². The van der Waals surface area contributed by atoms with Crippen molar-refractivity contribution in [1.29, 1.82) is 0 Å².